The zero-order chi connectivity index (χ0) is 24.6. The topological polar surface area (TPSA) is 53.5 Å². The molecule has 180 valence electrons. The summed E-state index contributed by atoms with van der Waals surface area (Å²) in [7, 11) is 0. The highest BCUT2D eigenvalue weighted by Crippen LogP contribution is 2.46. The van der Waals surface area contributed by atoms with Gasteiger partial charge in [0.25, 0.3) is 5.91 Å². The second kappa shape index (κ2) is 9.29. The van der Waals surface area contributed by atoms with Gasteiger partial charge in [-0.05, 0) is 48.9 Å². The minimum Gasteiger partial charge on any atom is -0.338 e. The third kappa shape index (κ3) is 4.36. The van der Waals surface area contributed by atoms with Crippen LogP contribution >= 0.6 is 0 Å². The molecule has 1 aliphatic heterocycles. The molecule has 5 nitrogen and oxygen atoms in total. The van der Waals surface area contributed by atoms with Gasteiger partial charge in [-0.2, -0.15) is 0 Å². The third-order valence-electron chi connectivity index (χ3n) is 7.56. The Bertz CT molecular complexity index is 1230. The maximum absolute atomic E-state index is 13.9. The van der Waals surface area contributed by atoms with E-state index in [9.17, 15) is 9.59 Å². The largest absolute Gasteiger partial charge is 0.338 e. The van der Waals surface area contributed by atoms with Crippen molar-refractivity contribution in [1.29, 1.82) is 0 Å². The van der Waals surface area contributed by atoms with Crippen LogP contribution in [0.15, 0.2) is 72.9 Å². The van der Waals surface area contributed by atoms with Gasteiger partial charge >= 0.3 is 0 Å². The Balaban J connectivity index is 1.39. The normalized spacial score (nSPS) is 17.5. The number of nitrogens with zero attached hydrogens (tertiary/aromatic N) is 3. The molecule has 2 aromatic carbocycles. The molecule has 0 radical (unpaired) electrons. The Morgan fingerprint density at radius 2 is 1.63 bits per heavy atom. The lowest BCUT2D eigenvalue weighted by Gasteiger charge is -2.43. The summed E-state index contributed by atoms with van der Waals surface area (Å²) in [5.74, 6) is 0.225. The highest BCUT2D eigenvalue weighted by Gasteiger charge is 2.54. The predicted molar refractivity (Wildman–Crippen MR) is 138 cm³/mol. The molecule has 1 spiro atoms. The van der Waals surface area contributed by atoms with E-state index >= 15 is 0 Å². The second-order valence-electron chi connectivity index (χ2n) is 10.3. The number of aryl methyl sites for hydroxylation is 1. The first kappa shape index (κ1) is 23.3. The minimum atomic E-state index is -0.262. The Hall–Kier alpha value is -3.47. The number of benzene rings is 2. The Kier molecular flexibility index (Phi) is 6.18. The molecular weight excluding hydrogens is 434 g/mol. The van der Waals surface area contributed by atoms with Crippen molar-refractivity contribution < 1.29 is 9.59 Å². The Labute approximate surface area is 207 Å². The molecule has 0 unspecified atom stereocenters. The average Bonchev–Trinajstić information content (AvgIpc) is 3.63. The first-order valence-corrected chi connectivity index (χ1v) is 12.6. The molecule has 3 aromatic rings. The van der Waals surface area contributed by atoms with E-state index in [1.807, 2.05) is 83.5 Å². The van der Waals surface area contributed by atoms with Crippen molar-refractivity contribution in [2.45, 2.75) is 45.1 Å². The lowest BCUT2D eigenvalue weighted by molar-refractivity contribution is -0.137. The van der Waals surface area contributed by atoms with E-state index in [4.69, 9.17) is 0 Å². The van der Waals surface area contributed by atoms with Crippen LogP contribution in [0.5, 0.6) is 0 Å². The molecule has 1 aliphatic carbocycles. The fraction of sp³-hybridized carbons (Fsp3) is 0.367. The van der Waals surface area contributed by atoms with Crippen LogP contribution in [0.2, 0.25) is 0 Å². The summed E-state index contributed by atoms with van der Waals surface area (Å²) in [6, 6.07) is 21.8. The number of aromatic nitrogens is 1. The molecule has 1 atom stereocenters. The second-order valence-corrected chi connectivity index (χ2v) is 10.3. The Morgan fingerprint density at radius 1 is 0.914 bits per heavy atom. The Morgan fingerprint density at radius 3 is 2.31 bits per heavy atom. The van der Waals surface area contributed by atoms with Crippen molar-refractivity contribution in [3.63, 3.8) is 0 Å². The molecule has 35 heavy (non-hydrogen) atoms. The van der Waals surface area contributed by atoms with Crippen LogP contribution in [0.3, 0.4) is 0 Å². The van der Waals surface area contributed by atoms with Crippen molar-refractivity contribution in [3.05, 3.63) is 89.6 Å². The number of piperazine rings is 1. The molecular formula is C30H33N3O2. The summed E-state index contributed by atoms with van der Waals surface area (Å²) in [4.78, 5) is 36.2. The lowest BCUT2D eigenvalue weighted by Crippen LogP contribution is -2.59. The summed E-state index contributed by atoms with van der Waals surface area (Å²) in [6.07, 6.45) is 3.61. The summed E-state index contributed by atoms with van der Waals surface area (Å²) in [6.45, 7) is 7.97. The highest BCUT2D eigenvalue weighted by molar-refractivity contribution is 6.01. The first-order valence-electron chi connectivity index (χ1n) is 12.6. The van der Waals surface area contributed by atoms with Crippen LogP contribution in [0.1, 0.15) is 54.1 Å². The van der Waals surface area contributed by atoms with Gasteiger partial charge in [0.2, 0.25) is 5.91 Å². The number of amides is 2. The summed E-state index contributed by atoms with van der Waals surface area (Å²) in [5.41, 5.74) is 4.25. The van der Waals surface area contributed by atoms with E-state index in [-0.39, 0.29) is 29.2 Å². The smallest absolute Gasteiger partial charge is 0.256 e. The van der Waals surface area contributed by atoms with Crippen LogP contribution in [0, 0.1) is 12.8 Å². The molecule has 1 saturated carbocycles. The van der Waals surface area contributed by atoms with Gasteiger partial charge in [-0.15, -0.1) is 0 Å². The van der Waals surface area contributed by atoms with Gasteiger partial charge in [-0.3, -0.25) is 14.6 Å². The molecule has 5 heteroatoms. The molecule has 0 bridgehead atoms. The summed E-state index contributed by atoms with van der Waals surface area (Å²) < 4.78 is 0. The SMILES string of the molecule is Cc1ccccc1-c1ncccc1C(=O)N1CCN(C(=O)[C@H](c2ccccc2)C(C)C)CC12CC2. The molecule has 5 rings (SSSR count). The maximum Gasteiger partial charge on any atom is 0.256 e. The van der Waals surface area contributed by atoms with Gasteiger partial charge in [0.05, 0.1) is 22.7 Å². The van der Waals surface area contributed by atoms with Crippen molar-refractivity contribution in [3.8, 4) is 11.3 Å². The maximum atomic E-state index is 13.9. The van der Waals surface area contributed by atoms with E-state index in [2.05, 4.69) is 18.8 Å². The predicted octanol–water partition coefficient (Wildman–Crippen LogP) is 5.31. The quantitative estimate of drug-likeness (QED) is 0.511. The van der Waals surface area contributed by atoms with Crippen LogP contribution in [-0.4, -0.2) is 51.8 Å². The van der Waals surface area contributed by atoms with E-state index in [0.717, 1.165) is 35.2 Å². The van der Waals surface area contributed by atoms with Crippen LogP contribution in [0.4, 0.5) is 0 Å². The molecule has 2 aliphatic rings. The fourth-order valence-corrected chi connectivity index (χ4v) is 5.50. The van der Waals surface area contributed by atoms with Crippen LogP contribution < -0.4 is 0 Å². The van der Waals surface area contributed by atoms with Crippen molar-refractivity contribution in [1.82, 2.24) is 14.8 Å². The molecule has 2 amide bonds. The van der Waals surface area contributed by atoms with Crippen LogP contribution in [-0.2, 0) is 4.79 Å². The number of hydrogen-bond donors (Lipinski definition) is 0. The zero-order valence-electron chi connectivity index (χ0n) is 20.8. The monoisotopic (exact) mass is 467 g/mol. The number of carbonyl (C=O) groups excluding carboxylic acids is 2. The lowest BCUT2D eigenvalue weighted by atomic mass is 9.86. The van der Waals surface area contributed by atoms with Crippen LogP contribution in [0.25, 0.3) is 11.3 Å². The summed E-state index contributed by atoms with van der Waals surface area (Å²) in [5, 5.41) is 0. The molecule has 1 aromatic heterocycles. The average molecular weight is 468 g/mol. The number of pyridine rings is 1. The van der Waals surface area contributed by atoms with Gasteiger partial charge in [0, 0.05) is 31.4 Å². The zero-order valence-corrected chi connectivity index (χ0v) is 20.8. The third-order valence-corrected chi connectivity index (χ3v) is 7.56. The summed E-state index contributed by atoms with van der Waals surface area (Å²) >= 11 is 0. The van der Waals surface area contributed by atoms with Gasteiger partial charge in [-0.1, -0.05) is 68.4 Å². The van der Waals surface area contributed by atoms with E-state index in [1.54, 1.807) is 6.20 Å². The van der Waals surface area contributed by atoms with Gasteiger partial charge in [0.15, 0.2) is 0 Å². The van der Waals surface area contributed by atoms with Gasteiger partial charge < -0.3 is 9.80 Å². The molecule has 0 N–H and O–H groups in total. The van der Waals surface area contributed by atoms with Crippen molar-refractivity contribution in [2.24, 2.45) is 5.92 Å². The molecule has 1 saturated heterocycles. The number of rotatable bonds is 5. The number of carbonyl (C=O) groups is 2. The van der Waals surface area contributed by atoms with Crippen molar-refractivity contribution in [2.75, 3.05) is 19.6 Å². The van der Waals surface area contributed by atoms with E-state index in [1.165, 1.54) is 0 Å². The van der Waals surface area contributed by atoms with Crippen molar-refractivity contribution >= 4 is 11.8 Å². The van der Waals surface area contributed by atoms with Gasteiger partial charge in [0.1, 0.15) is 0 Å². The first-order chi connectivity index (χ1) is 16.9. The standard InChI is InChI=1S/C30H33N3O2/c1-21(2)26(23-11-5-4-6-12-23)29(35)32-18-19-33(30(20-32)15-16-30)28(34)25-14-9-17-31-27(25)24-13-8-7-10-22(24)3/h4-14,17,21,26H,15-16,18-20H2,1-3H3/t26-/m0/s1. The van der Waals surface area contributed by atoms with E-state index < -0.39 is 0 Å². The molecule has 2 fully saturated rings. The number of hydrogen-bond acceptors (Lipinski definition) is 3. The highest BCUT2D eigenvalue weighted by atomic mass is 16.2. The fourth-order valence-electron chi connectivity index (χ4n) is 5.50. The van der Waals surface area contributed by atoms with Gasteiger partial charge in [-0.25, -0.2) is 0 Å². The van der Waals surface area contributed by atoms with E-state index in [0.29, 0.717) is 25.2 Å². The molecule has 2 heterocycles. The minimum absolute atomic E-state index is 0.0180.